The molecule has 0 saturated carbocycles. The molecule has 9 heteroatoms. The third-order valence-corrected chi connectivity index (χ3v) is 5.66. The molecule has 2 aromatic carbocycles. The third-order valence-electron chi connectivity index (χ3n) is 4.60. The zero-order valence-corrected chi connectivity index (χ0v) is 18.4. The van der Waals surface area contributed by atoms with Gasteiger partial charge >= 0.3 is 0 Å². The number of aryl methyl sites for hydroxylation is 2. The van der Waals surface area contributed by atoms with Crippen LogP contribution in [0.3, 0.4) is 0 Å². The van der Waals surface area contributed by atoms with Crippen molar-refractivity contribution in [1.82, 2.24) is 20.1 Å². The van der Waals surface area contributed by atoms with Gasteiger partial charge in [-0.25, -0.2) is 4.98 Å². The van der Waals surface area contributed by atoms with Crippen LogP contribution in [0.5, 0.6) is 0 Å². The van der Waals surface area contributed by atoms with E-state index in [4.69, 9.17) is 4.52 Å². The van der Waals surface area contributed by atoms with E-state index in [1.807, 2.05) is 37.3 Å². The number of hydrogen-bond donors (Lipinski definition) is 2. The Bertz CT molecular complexity index is 1310. The maximum atomic E-state index is 13.0. The van der Waals surface area contributed by atoms with E-state index in [-0.39, 0.29) is 11.5 Å². The Hall–Kier alpha value is -3.72. The zero-order valence-electron chi connectivity index (χ0n) is 17.6. The number of aromatic nitrogens is 4. The lowest BCUT2D eigenvalue weighted by Crippen LogP contribution is -2.13. The molecule has 0 fully saturated rings. The van der Waals surface area contributed by atoms with Crippen LogP contribution in [0.25, 0.3) is 11.4 Å². The minimum atomic E-state index is -0.240. The number of hydrogen-bond acceptors (Lipinski definition) is 7. The molecule has 1 amide bonds. The largest absolute Gasteiger partial charge is 0.338 e. The molecule has 0 bridgehead atoms. The van der Waals surface area contributed by atoms with Crippen LogP contribution in [0.1, 0.15) is 34.7 Å². The molecule has 0 atom stereocenters. The number of amides is 1. The van der Waals surface area contributed by atoms with Crippen molar-refractivity contribution in [3.63, 3.8) is 0 Å². The number of anilines is 1. The van der Waals surface area contributed by atoms with Gasteiger partial charge in [-0.2, -0.15) is 4.98 Å². The molecule has 0 aliphatic carbocycles. The second-order valence-electron chi connectivity index (χ2n) is 6.99. The van der Waals surface area contributed by atoms with Crippen molar-refractivity contribution in [3.05, 3.63) is 87.9 Å². The lowest BCUT2D eigenvalue weighted by Gasteiger charge is -2.10. The maximum absolute atomic E-state index is 13.0. The van der Waals surface area contributed by atoms with Crippen molar-refractivity contribution in [2.75, 3.05) is 5.32 Å². The van der Waals surface area contributed by atoms with Gasteiger partial charge in [0.05, 0.1) is 11.3 Å². The van der Waals surface area contributed by atoms with Gasteiger partial charge < -0.3 is 14.8 Å². The highest BCUT2D eigenvalue weighted by molar-refractivity contribution is 7.98. The van der Waals surface area contributed by atoms with Crippen molar-refractivity contribution in [2.45, 2.75) is 30.9 Å². The minimum Gasteiger partial charge on any atom is -0.338 e. The lowest BCUT2D eigenvalue weighted by atomic mass is 10.1. The van der Waals surface area contributed by atoms with Crippen LogP contribution >= 0.6 is 11.8 Å². The Balaban J connectivity index is 1.53. The molecule has 2 heterocycles. The third kappa shape index (κ3) is 5.12. The van der Waals surface area contributed by atoms with Crippen molar-refractivity contribution in [2.24, 2.45) is 0 Å². The van der Waals surface area contributed by atoms with E-state index in [1.165, 1.54) is 17.8 Å². The SMILES string of the molecule is CCc1cc(=O)[nH]c(-c2cccc(NC(=O)c3ccccc3SCc3nc(C)no3)c2)n1. The molecular formula is C23H21N5O3S. The van der Waals surface area contributed by atoms with Crippen LogP contribution < -0.4 is 10.9 Å². The van der Waals surface area contributed by atoms with Crippen LogP contribution in [-0.4, -0.2) is 26.0 Å². The summed E-state index contributed by atoms with van der Waals surface area (Å²) in [4.78, 5) is 37.1. The monoisotopic (exact) mass is 447 g/mol. The summed E-state index contributed by atoms with van der Waals surface area (Å²) in [5.74, 6) is 1.78. The van der Waals surface area contributed by atoms with Gasteiger partial charge in [0.15, 0.2) is 5.82 Å². The number of carbonyl (C=O) groups excluding carboxylic acids is 1. The van der Waals surface area contributed by atoms with Crippen LogP contribution in [0, 0.1) is 6.92 Å². The normalized spacial score (nSPS) is 10.8. The van der Waals surface area contributed by atoms with Crippen molar-refractivity contribution < 1.29 is 9.32 Å². The molecule has 32 heavy (non-hydrogen) atoms. The predicted molar refractivity (Wildman–Crippen MR) is 123 cm³/mol. The minimum absolute atomic E-state index is 0.205. The van der Waals surface area contributed by atoms with Crippen LogP contribution in [0.4, 0.5) is 5.69 Å². The van der Waals surface area contributed by atoms with E-state index in [0.29, 0.717) is 52.2 Å². The van der Waals surface area contributed by atoms with Gasteiger partial charge in [-0.1, -0.05) is 36.3 Å². The van der Waals surface area contributed by atoms with E-state index in [0.717, 1.165) is 4.90 Å². The first-order valence-electron chi connectivity index (χ1n) is 10.0. The number of aromatic amines is 1. The number of thioether (sulfide) groups is 1. The molecular weight excluding hydrogens is 426 g/mol. The number of rotatable bonds is 7. The first kappa shape index (κ1) is 21.5. The average Bonchev–Trinajstić information content (AvgIpc) is 3.22. The summed E-state index contributed by atoms with van der Waals surface area (Å²) in [6.45, 7) is 3.70. The van der Waals surface area contributed by atoms with Gasteiger partial charge in [-0.05, 0) is 37.6 Å². The smallest absolute Gasteiger partial charge is 0.256 e. The number of carbonyl (C=O) groups is 1. The Labute approximate surface area is 188 Å². The standard InChI is InChI=1S/C23H21N5O3S/c1-3-16-12-20(29)27-22(25-16)15-7-6-8-17(11-15)26-23(30)18-9-4-5-10-19(18)32-13-21-24-14(2)28-31-21/h4-12H,3,13H2,1-2H3,(H,26,30)(H,25,27,29). The Morgan fingerprint density at radius 2 is 1.97 bits per heavy atom. The molecule has 2 aromatic heterocycles. The molecule has 0 radical (unpaired) electrons. The highest BCUT2D eigenvalue weighted by Gasteiger charge is 2.14. The highest BCUT2D eigenvalue weighted by Crippen LogP contribution is 2.27. The summed E-state index contributed by atoms with van der Waals surface area (Å²) in [6.07, 6.45) is 0.658. The molecule has 0 spiro atoms. The van der Waals surface area contributed by atoms with Gasteiger partial charge in [0, 0.05) is 27.9 Å². The Morgan fingerprint density at radius 3 is 2.75 bits per heavy atom. The molecule has 4 rings (SSSR count). The summed E-state index contributed by atoms with van der Waals surface area (Å²) in [5, 5.41) is 6.72. The molecule has 0 unspecified atom stereocenters. The lowest BCUT2D eigenvalue weighted by molar-refractivity contribution is 0.102. The molecule has 162 valence electrons. The van der Waals surface area contributed by atoms with Gasteiger partial charge in [0.1, 0.15) is 5.82 Å². The molecule has 4 aromatic rings. The van der Waals surface area contributed by atoms with Gasteiger partial charge in [0.25, 0.3) is 11.5 Å². The fraction of sp³-hybridized carbons (Fsp3) is 0.174. The van der Waals surface area contributed by atoms with Gasteiger partial charge in [-0.15, -0.1) is 11.8 Å². The van der Waals surface area contributed by atoms with Crippen molar-refractivity contribution in [1.29, 1.82) is 0 Å². The zero-order chi connectivity index (χ0) is 22.5. The van der Waals surface area contributed by atoms with Crippen molar-refractivity contribution >= 4 is 23.4 Å². The fourth-order valence-electron chi connectivity index (χ4n) is 3.09. The van der Waals surface area contributed by atoms with Gasteiger partial charge in [-0.3, -0.25) is 9.59 Å². The second kappa shape index (κ2) is 9.61. The van der Waals surface area contributed by atoms with Crippen LogP contribution in [0.15, 0.2) is 68.8 Å². The fourth-order valence-corrected chi connectivity index (χ4v) is 3.97. The second-order valence-corrected chi connectivity index (χ2v) is 8.01. The molecule has 0 aliphatic rings. The summed E-state index contributed by atoms with van der Waals surface area (Å²) in [5.41, 5.74) is 2.36. The number of nitrogens with zero attached hydrogens (tertiary/aromatic N) is 3. The van der Waals surface area contributed by atoms with E-state index >= 15 is 0 Å². The molecule has 8 nitrogen and oxygen atoms in total. The highest BCUT2D eigenvalue weighted by atomic mass is 32.2. The number of benzene rings is 2. The first-order chi connectivity index (χ1) is 15.5. The summed E-state index contributed by atoms with van der Waals surface area (Å²) < 4.78 is 5.15. The van der Waals surface area contributed by atoms with Crippen LogP contribution in [-0.2, 0) is 12.2 Å². The van der Waals surface area contributed by atoms with E-state index < -0.39 is 0 Å². The number of nitrogens with one attached hydrogen (secondary N) is 2. The topological polar surface area (TPSA) is 114 Å². The summed E-state index contributed by atoms with van der Waals surface area (Å²) >= 11 is 1.45. The quantitative estimate of drug-likeness (QED) is 0.407. The summed E-state index contributed by atoms with van der Waals surface area (Å²) in [6, 6.07) is 16.0. The van der Waals surface area contributed by atoms with E-state index in [2.05, 4.69) is 25.4 Å². The molecule has 2 N–H and O–H groups in total. The van der Waals surface area contributed by atoms with Gasteiger partial charge in [0.2, 0.25) is 5.89 Å². The molecule has 0 aliphatic heterocycles. The van der Waals surface area contributed by atoms with E-state index in [9.17, 15) is 9.59 Å². The number of H-pyrrole nitrogens is 1. The maximum Gasteiger partial charge on any atom is 0.256 e. The van der Waals surface area contributed by atoms with E-state index in [1.54, 1.807) is 25.1 Å². The predicted octanol–water partition coefficient (Wildman–Crippen LogP) is 4.24. The Kier molecular flexibility index (Phi) is 6.46. The average molecular weight is 448 g/mol. The van der Waals surface area contributed by atoms with Crippen molar-refractivity contribution in [3.8, 4) is 11.4 Å². The Morgan fingerprint density at radius 1 is 1.12 bits per heavy atom. The summed E-state index contributed by atoms with van der Waals surface area (Å²) in [7, 11) is 0. The first-order valence-corrected chi connectivity index (χ1v) is 11.0. The van der Waals surface area contributed by atoms with Crippen LogP contribution in [0.2, 0.25) is 0 Å². The molecule has 0 saturated heterocycles.